The van der Waals surface area contributed by atoms with Gasteiger partial charge in [-0.15, -0.1) is 0 Å². The van der Waals surface area contributed by atoms with E-state index in [1.165, 1.54) is 19.3 Å². The molecule has 0 fully saturated rings. The van der Waals surface area contributed by atoms with Crippen LogP contribution < -0.4 is 0 Å². The van der Waals surface area contributed by atoms with E-state index in [9.17, 15) is 9.59 Å². The maximum atomic E-state index is 11.6. The van der Waals surface area contributed by atoms with Gasteiger partial charge in [0.05, 0.1) is 132 Å². The van der Waals surface area contributed by atoms with E-state index in [2.05, 4.69) is 6.92 Å². The van der Waals surface area contributed by atoms with E-state index in [1.54, 1.807) is 0 Å². The number of rotatable bonds is 41. The summed E-state index contributed by atoms with van der Waals surface area (Å²) in [4.78, 5) is 22.8. The maximum absolute atomic E-state index is 11.6. The van der Waals surface area contributed by atoms with Gasteiger partial charge in [-0.2, -0.15) is 0 Å². The molecule has 0 aromatic carbocycles. The first kappa shape index (κ1) is 46.5. The van der Waals surface area contributed by atoms with Crippen molar-refractivity contribution in [2.75, 3.05) is 145 Å². The second-order valence-electron chi connectivity index (χ2n) is 10.5. The van der Waals surface area contributed by atoms with Crippen molar-refractivity contribution < 1.29 is 66.4 Å². The lowest BCUT2D eigenvalue weighted by atomic mass is 10.1. The Bertz CT molecular complexity index is 655. The maximum Gasteiger partial charge on any atom is 0.305 e. The molecule has 0 aromatic rings. The summed E-state index contributed by atoms with van der Waals surface area (Å²) < 4.78 is 64.5. The lowest BCUT2D eigenvalue weighted by Gasteiger charge is -2.09. The van der Waals surface area contributed by atoms with Crippen LogP contribution in [0.1, 0.15) is 65.2 Å². The lowest BCUT2D eigenvalue weighted by Crippen LogP contribution is -2.16. The van der Waals surface area contributed by atoms with Crippen molar-refractivity contribution in [3.8, 4) is 0 Å². The van der Waals surface area contributed by atoms with E-state index in [1.807, 2.05) is 6.92 Å². The van der Waals surface area contributed by atoms with Gasteiger partial charge in [0.15, 0.2) is 0 Å². The summed E-state index contributed by atoms with van der Waals surface area (Å²) in [6.45, 7) is 14.1. The topological polar surface area (TPSA) is 145 Å². The van der Waals surface area contributed by atoms with E-state index in [0.29, 0.717) is 145 Å². The Labute approximate surface area is 288 Å². The molecule has 0 aromatic heterocycles. The molecule has 14 nitrogen and oxygen atoms in total. The minimum atomic E-state index is -0.191. The fraction of sp³-hybridized carbons (Fsp3) is 0.941. The number of hydrogen-bond donors (Lipinski definition) is 0. The minimum Gasteiger partial charge on any atom is -0.463 e. The largest absolute Gasteiger partial charge is 0.463 e. The molecule has 0 aliphatic carbocycles. The Morgan fingerprint density at radius 3 is 0.812 bits per heavy atom. The monoisotopic (exact) mass is 698 g/mol. The molecule has 0 rings (SSSR count). The van der Waals surface area contributed by atoms with Gasteiger partial charge in [-0.25, -0.2) is 0 Å². The number of carbonyl (C=O) groups excluding carboxylic acids is 2. The second kappa shape index (κ2) is 41.7. The third-order valence-electron chi connectivity index (χ3n) is 6.27. The van der Waals surface area contributed by atoms with E-state index in [4.69, 9.17) is 56.8 Å². The highest BCUT2D eigenvalue weighted by molar-refractivity contribution is 5.69. The van der Waals surface area contributed by atoms with Gasteiger partial charge in [0, 0.05) is 12.8 Å². The third kappa shape index (κ3) is 40.7. The van der Waals surface area contributed by atoms with Gasteiger partial charge in [0.2, 0.25) is 0 Å². The Morgan fingerprint density at radius 2 is 0.542 bits per heavy atom. The molecule has 0 aliphatic heterocycles. The van der Waals surface area contributed by atoms with Gasteiger partial charge in [-0.3, -0.25) is 9.59 Å². The summed E-state index contributed by atoms with van der Waals surface area (Å²) in [6, 6.07) is 0. The summed E-state index contributed by atoms with van der Waals surface area (Å²) in [6.07, 6.45) is 7.28. The SMILES string of the molecule is CCCCCCCC(=O)OCCOCCOCCOCCOCCOCCOCCOCCOCCOCCOCCOC(=O)CCC. The summed E-state index contributed by atoms with van der Waals surface area (Å²) in [5.41, 5.74) is 0. The first-order chi connectivity index (χ1) is 23.7. The molecule has 48 heavy (non-hydrogen) atoms. The fourth-order valence-electron chi connectivity index (χ4n) is 3.73. The van der Waals surface area contributed by atoms with Crippen LogP contribution in [0.25, 0.3) is 0 Å². The van der Waals surface area contributed by atoms with Crippen molar-refractivity contribution in [3.05, 3.63) is 0 Å². The molecular weight excluding hydrogens is 632 g/mol. The van der Waals surface area contributed by atoms with Crippen LogP contribution in [-0.2, 0) is 66.4 Å². The number of hydrogen-bond acceptors (Lipinski definition) is 14. The normalized spacial score (nSPS) is 11.3. The molecule has 286 valence electrons. The van der Waals surface area contributed by atoms with E-state index in [0.717, 1.165) is 19.3 Å². The van der Waals surface area contributed by atoms with Gasteiger partial charge < -0.3 is 56.8 Å². The van der Waals surface area contributed by atoms with Gasteiger partial charge in [-0.05, 0) is 12.8 Å². The summed E-state index contributed by atoms with van der Waals surface area (Å²) >= 11 is 0. The van der Waals surface area contributed by atoms with Crippen molar-refractivity contribution in [2.24, 2.45) is 0 Å². The van der Waals surface area contributed by atoms with Crippen molar-refractivity contribution in [2.45, 2.75) is 65.2 Å². The molecule has 14 heteroatoms. The predicted molar refractivity (Wildman–Crippen MR) is 178 cm³/mol. The highest BCUT2D eigenvalue weighted by Crippen LogP contribution is 2.05. The van der Waals surface area contributed by atoms with Crippen LogP contribution in [0.5, 0.6) is 0 Å². The number of carbonyl (C=O) groups is 2. The zero-order valence-electron chi connectivity index (χ0n) is 29.9. The standard InChI is InChI=1S/C34H66O14/c1-3-5-6-7-8-10-34(36)48-32-30-46-28-26-44-24-22-42-20-18-40-16-14-38-12-11-37-13-15-39-17-19-41-21-23-43-25-27-45-29-31-47-33(35)9-4-2/h3-32H2,1-2H3. The molecule has 0 spiro atoms. The molecule has 0 saturated carbocycles. The third-order valence-corrected chi connectivity index (χ3v) is 6.27. The van der Waals surface area contributed by atoms with E-state index in [-0.39, 0.29) is 25.2 Å². The molecule has 0 aliphatic rings. The van der Waals surface area contributed by atoms with Crippen molar-refractivity contribution in [3.63, 3.8) is 0 Å². The lowest BCUT2D eigenvalue weighted by molar-refractivity contribution is -0.146. The first-order valence-corrected chi connectivity index (χ1v) is 17.8. The van der Waals surface area contributed by atoms with Crippen molar-refractivity contribution in [1.29, 1.82) is 0 Å². The van der Waals surface area contributed by atoms with Crippen LogP contribution in [0.4, 0.5) is 0 Å². The van der Waals surface area contributed by atoms with Gasteiger partial charge in [0.25, 0.3) is 0 Å². The molecule has 0 radical (unpaired) electrons. The summed E-state index contributed by atoms with van der Waals surface area (Å²) in [7, 11) is 0. The van der Waals surface area contributed by atoms with Gasteiger partial charge in [-0.1, -0.05) is 39.5 Å². The molecule has 0 N–H and O–H groups in total. The zero-order chi connectivity index (χ0) is 34.9. The number of ether oxygens (including phenoxy) is 12. The fourth-order valence-corrected chi connectivity index (χ4v) is 3.73. The van der Waals surface area contributed by atoms with Crippen molar-refractivity contribution >= 4 is 11.9 Å². The molecule has 0 atom stereocenters. The highest BCUT2D eigenvalue weighted by Gasteiger charge is 2.03. The van der Waals surface area contributed by atoms with Crippen LogP contribution >= 0.6 is 0 Å². The summed E-state index contributed by atoms with van der Waals surface area (Å²) in [5.74, 6) is -0.341. The van der Waals surface area contributed by atoms with Crippen LogP contribution in [0.3, 0.4) is 0 Å². The smallest absolute Gasteiger partial charge is 0.305 e. The van der Waals surface area contributed by atoms with E-state index >= 15 is 0 Å². The molecule has 0 bridgehead atoms. The van der Waals surface area contributed by atoms with Gasteiger partial charge >= 0.3 is 11.9 Å². The Balaban J connectivity index is 3.10. The predicted octanol–water partition coefficient (Wildman–Crippen LogP) is 3.40. The second-order valence-corrected chi connectivity index (χ2v) is 10.5. The van der Waals surface area contributed by atoms with Crippen LogP contribution in [0, 0.1) is 0 Å². The van der Waals surface area contributed by atoms with Crippen molar-refractivity contribution in [1.82, 2.24) is 0 Å². The average molecular weight is 699 g/mol. The Kier molecular flexibility index (Phi) is 40.4. The zero-order valence-corrected chi connectivity index (χ0v) is 29.9. The minimum absolute atomic E-state index is 0.150. The van der Waals surface area contributed by atoms with Crippen LogP contribution in [-0.4, -0.2) is 157 Å². The molecular formula is C34H66O14. The number of unbranched alkanes of at least 4 members (excludes halogenated alkanes) is 4. The Morgan fingerprint density at radius 1 is 0.292 bits per heavy atom. The Hall–Kier alpha value is -1.46. The quantitative estimate of drug-likeness (QED) is 0.0679. The molecule has 0 amide bonds. The highest BCUT2D eigenvalue weighted by atomic mass is 16.6. The number of esters is 2. The molecule has 0 unspecified atom stereocenters. The van der Waals surface area contributed by atoms with Crippen LogP contribution in [0.2, 0.25) is 0 Å². The van der Waals surface area contributed by atoms with Gasteiger partial charge in [0.1, 0.15) is 13.2 Å². The molecule has 0 heterocycles. The summed E-state index contributed by atoms with van der Waals surface area (Å²) in [5, 5.41) is 0. The average Bonchev–Trinajstić information content (AvgIpc) is 3.08. The van der Waals surface area contributed by atoms with E-state index < -0.39 is 0 Å². The first-order valence-electron chi connectivity index (χ1n) is 17.8. The van der Waals surface area contributed by atoms with Crippen LogP contribution in [0.15, 0.2) is 0 Å². The molecule has 0 saturated heterocycles.